The van der Waals surface area contributed by atoms with Crippen LogP contribution in [0.25, 0.3) is 0 Å². The zero-order valence-electron chi connectivity index (χ0n) is 10.1. The van der Waals surface area contributed by atoms with Crippen molar-refractivity contribution in [2.45, 2.75) is 11.8 Å². The number of aromatic nitrogens is 2. The predicted octanol–water partition coefficient (Wildman–Crippen LogP) is 3.80. The predicted molar refractivity (Wildman–Crippen MR) is 72.3 cm³/mol. The van der Waals surface area contributed by atoms with Gasteiger partial charge >= 0.3 is 0 Å². The molecule has 2 aromatic rings. The highest BCUT2D eigenvalue weighted by molar-refractivity contribution is 6.32. The molecule has 2 rings (SSSR count). The average Bonchev–Trinajstić information content (AvgIpc) is 2.38. The molecule has 0 fully saturated rings. The molecule has 0 radical (unpaired) electrons. The van der Waals surface area contributed by atoms with Gasteiger partial charge in [-0.2, -0.15) is 0 Å². The molecular formula is C13H11Cl2FN2O. The lowest BCUT2D eigenvalue weighted by Crippen LogP contribution is -2.02. The molecule has 1 unspecified atom stereocenters. The lowest BCUT2D eigenvalue weighted by Gasteiger charge is -2.12. The van der Waals surface area contributed by atoms with Crippen LogP contribution in [0.3, 0.4) is 0 Å². The van der Waals surface area contributed by atoms with Gasteiger partial charge in [-0.1, -0.05) is 17.7 Å². The van der Waals surface area contributed by atoms with Crippen LogP contribution in [0.1, 0.15) is 16.6 Å². The van der Waals surface area contributed by atoms with Crippen molar-refractivity contribution in [3.63, 3.8) is 0 Å². The fraction of sp³-hybridized carbons (Fsp3) is 0.231. The second-order valence-corrected chi connectivity index (χ2v) is 4.79. The Bertz CT molecular complexity index is 560. The Morgan fingerprint density at radius 3 is 2.84 bits per heavy atom. The summed E-state index contributed by atoms with van der Waals surface area (Å²) in [6.45, 7) is 0. The van der Waals surface area contributed by atoms with Crippen LogP contribution in [0.2, 0.25) is 5.02 Å². The van der Waals surface area contributed by atoms with Gasteiger partial charge in [0.2, 0.25) is 5.88 Å². The lowest BCUT2D eigenvalue weighted by atomic mass is 10.1. The molecule has 0 aliphatic heterocycles. The minimum Gasteiger partial charge on any atom is -0.481 e. The van der Waals surface area contributed by atoms with E-state index in [1.165, 1.54) is 19.5 Å². The standard InChI is InChI=1S/C13H11Cl2FN2O/c1-19-12-6-8(17-7-18-12)5-10(15)13-9(14)3-2-4-11(13)16/h2-4,6-7,10H,5H2,1H3. The van der Waals surface area contributed by atoms with Crippen molar-refractivity contribution in [1.82, 2.24) is 9.97 Å². The second-order valence-electron chi connectivity index (χ2n) is 3.86. The Morgan fingerprint density at radius 2 is 2.16 bits per heavy atom. The number of hydrogen-bond acceptors (Lipinski definition) is 3. The van der Waals surface area contributed by atoms with E-state index in [0.717, 1.165) is 0 Å². The average molecular weight is 301 g/mol. The van der Waals surface area contributed by atoms with Crippen LogP contribution < -0.4 is 4.74 Å². The Hall–Kier alpha value is -1.39. The minimum atomic E-state index is -0.603. The zero-order chi connectivity index (χ0) is 13.8. The zero-order valence-corrected chi connectivity index (χ0v) is 11.6. The number of hydrogen-bond donors (Lipinski definition) is 0. The second kappa shape index (κ2) is 6.17. The van der Waals surface area contributed by atoms with E-state index in [4.69, 9.17) is 27.9 Å². The van der Waals surface area contributed by atoms with E-state index >= 15 is 0 Å². The van der Waals surface area contributed by atoms with Crippen LogP contribution in [0.15, 0.2) is 30.6 Å². The molecule has 1 aromatic heterocycles. The van der Waals surface area contributed by atoms with Gasteiger partial charge in [-0.25, -0.2) is 14.4 Å². The van der Waals surface area contributed by atoms with E-state index in [-0.39, 0.29) is 5.56 Å². The third-order valence-corrected chi connectivity index (χ3v) is 3.31. The Morgan fingerprint density at radius 1 is 1.37 bits per heavy atom. The summed E-state index contributed by atoms with van der Waals surface area (Å²) in [6, 6.07) is 6.13. The molecule has 0 saturated heterocycles. The molecule has 0 saturated carbocycles. The van der Waals surface area contributed by atoms with Crippen molar-refractivity contribution in [2.75, 3.05) is 7.11 Å². The van der Waals surface area contributed by atoms with Gasteiger partial charge < -0.3 is 4.74 Å². The van der Waals surface area contributed by atoms with E-state index in [0.29, 0.717) is 23.0 Å². The maximum atomic E-state index is 13.7. The van der Waals surface area contributed by atoms with Crippen LogP contribution in [0.5, 0.6) is 5.88 Å². The summed E-state index contributed by atoms with van der Waals surface area (Å²) in [5.74, 6) is 0.0158. The fourth-order valence-corrected chi connectivity index (χ4v) is 2.43. The van der Waals surface area contributed by atoms with Gasteiger partial charge in [0.1, 0.15) is 12.1 Å². The summed E-state index contributed by atoms with van der Waals surface area (Å²) in [7, 11) is 1.51. The fourth-order valence-electron chi connectivity index (χ4n) is 1.70. The van der Waals surface area contributed by atoms with Gasteiger partial charge in [0.25, 0.3) is 0 Å². The first-order valence-corrected chi connectivity index (χ1v) is 6.36. The largest absolute Gasteiger partial charge is 0.481 e. The van der Waals surface area contributed by atoms with E-state index in [1.807, 2.05) is 0 Å². The number of halogens is 3. The number of methoxy groups -OCH3 is 1. The van der Waals surface area contributed by atoms with Crippen molar-refractivity contribution in [3.05, 3.63) is 52.7 Å². The summed E-state index contributed by atoms with van der Waals surface area (Å²) in [5, 5.41) is -0.297. The van der Waals surface area contributed by atoms with Gasteiger partial charge in [-0.15, -0.1) is 11.6 Å². The van der Waals surface area contributed by atoms with Crippen molar-refractivity contribution in [2.24, 2.45) is 0 Å². The maximum Gasteiger partial charge on any atom is 0.216 e. The Kier molecular flexibility index (Phi) is 4.56. The normalized spacial score (nSPS) is 12.2. The van der Waals surface area contributed by atoms with E-state index in [9.17, 15) is 4.39 Å². The van der Waals surface area contributed by atoms with Gasteiger partial charge in [0, 0.05) is 28.8 Å². The first-order valence-electron chi connectivity index (χ1n) is 5.54. The van der Waals surface area contributed by atoms with Crippen LogP contribution >= 0.6 is 23.2 Å². The third-order valence-electron chi connectivity index (χ3n) is 2.61. The highest BCUT2D eigenvalue weighted by Crippen LogP contribution is 2.32. The molecule has 1 heterocycles. The summed E-state index contributed by atoms with van der Waals surface area (Å²) in [5.41, 5.74) is 0.939. The minimum absolute atomic E-state index is 0.281. The molecule has 100 valence electrons. The molecule has 3 nitrogen and oxygen atoms in total. The van der Waals surface area contributed by atoms with Crippen molar-refractivity contribution >= 4 is 23.2 Å². The Balaban J connectivity index is 2.23. The van der Waals surface area contributed by atoms with Gasteiger partial charge in [0.05, 0.1) is 12.5 Å². The SMILES string of the molecule is COc1cc(CC(Cl)c2c(F)cccc2Cl)ncn1. The van der Waals surface area contributed by atoms with Crippen LogP contribution in [-0.4, -0.2) is 17.1 Å². The van der Waals surface area contributed by atoms with Gasteiger partial charge in [-0.3, -0.25) is 0 Å². The maximum absolute atomic E-state index is 13.7. The summed E-state index contributed by atoms with van der Waals surface area (Å²) < 4.78 is 18.7. The van der Waals surface area contributed by atoms with Crippen LogP contribution in [0, 0.1) is 5.82 Å². The molecule has 0 aliphatic rings. The molecule has 0 N–H and O–H groups in total. The smallest absolute Gasteiger partial charge is 0.216 e. The van der Waals surface area contributed by atoms with Crippen LogP contribution in [0.4, 0.5) is 4.39 Å². The van der Waals surface area contributed by atoms with E-state index in [2.05, 4.69) is 9.97 Å². The number of benzene rings is 1. The van der Waals surface area contributed by atoms with Crippen molar-refractivity contribution in [1.29, 1.82) is 0 Å². The van der Waals surface area contributed by atoms with E-state index < -0.39 is 11.2 Å². The van der Waals surface area contributed by atoms with Gasteiger partial charge in [-0.05, 0) is 12.1 Å². The first-order chi connectivity index (χ1) is 9.11. The number of alkyl halides is 1. The molecule has 1 aromatic carbocycles. The van der Waals surface area contributed by atoms with Gasteiger partial charge in [0.15, 0.2) is 0 Å². The lowest BCUT2D eigenvalue weighted by molar-refractivity contribution is 0.396. The molecule has 0 bridgehead atoms. The quantitative estimate of drug-likeness (QED) is 0.806. The van der Waals surface area contributed by atoms with Crippen LogP contribution in [-0.2, 0) is 6.42 Å². The van der Waals surface area contributed by atoms with E-state index in [1.54, 1.807) is 18.2 Å². The third kappa shape index (κ3) is 3.33. The first kappa shape index (κ1) is 14.0. The highest BCUT2D eigenvalue weighted by Gasteiger charge is 2.18. The molecule has 0 amide bonds. The van der Waals surface area contributed by atoms with Crippen molar-refractivity contribution < 1.29 is 9.13 Å². The monoisotopic (exact) mass is 300 g/mol. The summed E-state index contributed by atoms with van der Waals surface area (Å²) in [4.78, 5) is 7.97. The molecule has 0 spiro atoms. The molecule has 6 heteroatoms. The topological polar surface area (TPSA) is 35.0 Å². The molecule has 19 heavy (non-hydrogen) atoms. The molecular weight excluding hydrogens is 290 g/mol. The summed E-state index contributed by atoms with van der Waals surface area (Å²) >= 11 is 12.2. The number of rotatable bonds is 4. The number of ether oxygens (including phenoxy) is 1. The van der Waals surface area contributed by atoms with Crippen molar-refractivity contribution in [3.8, 4) is 5.88 Å². The number of nitrogens with zero attached hydrogens (tertiary/aromatic N) is 2. The Labute approximate surface area is 120 Å². The highest BCUT2D eigenvalue weighted by atomic mass is 35.5. The summed E-state index contributed by atoms with van der Waals surface area (Å²) in [6.07, 6.45) is 1.71. The molecule has 0 aliphatic carbocycles. The molecule has 1 atom stereocenters.